The quantitative estimate of drug-likeness (QED) is 0.760. The van der Waals surface area contributed by atoms with Crippen molar-refractivity contribution in [1.82, 2.24) is 4.90 Å². The molecule has 0 aromatic heterocycles. The number of carbonyl (C=O) groups is 1. The van der Waals surface area contributed by atoms with Gasteiger partial charge in [0, 0.05) is 20.3 Å². The number of fused-ring (bicyclic) bond motifs is 1. The van der Waals surface area contributed by atoms with E-state index in [-0.39, 0.29) is 30.1 Å². The lowest BCUT2D eigenvalue weighted by Crippen LogP contribution is -2.53. The van der Waals surface area contributed by atoms with Crippen molar-refractivity contribution in [3.63, 3.8) is 0 Å². The standard InChI is InChI=1S/C21H27F2NO3/c1-26-21-7-6-16(27-13-14-2-3-14)12-19(21)24(9-8-21)20(25)11-15-4-5-17(22)18(23)10-15/h4-5,10,14,16,19H,2-3,6-9,11-13H2,1H3/t16-,19-,21+/m0/s1. The van der Waals surface area contributed by atoms with Crippen molar-refractivity contribution in [2.24, 2.45) is 5.92 Å². The third-order valence-corrected chi connectivity index (χ3v) is 6.47. The first-order valence-corrected chi connectivity index (χ1v) is 9.91. The van der Waals surface area contributed by atoms with Crippen molar-refractivity contribution in [2.45, 2.75) is 62.7 Å². The number of halogens is 2. The number of ether oxygens (including phenoxy) is 2. The number of rotatable bonds is 6. The highest BCUT2D eigenvalue weighted by atomic mass is 19.2. The van der Waals surface area contributed by atoms with E-state index >= 15 is 0 Å². The Kier molecular flexibility index (Phi) is 5.21. The summed E-state index contributed by atoms with van der Waals surface area (Å²) < 4.78 is 38.6. The molecular formula is C21H27F2NO3. The second kappa shape index (κ2) is 7.47. The van der Waals surface area contributed by atoms with Crippen LogP contribution in [0.2, 0.25) is 0 Å². The molecule has 0 unspecified atom stereocenters. The van der Waals surface area contributed by atoms with Crippen molar-refractivity contribution in [3.05, 3.63) is 35.4 Å². The van der Waals surface area contributed by atoms with Crippen LogP contribution in [0.5, 0.6) is 0 Å². The van der Waals surface area contributed by atoms with E-state index in [4.69, 9.17) is 9.47 Å². The van der Waals surface area contributed by atoms with Gasteiger partial charge in [-0.2, -0.15) is 0 Å². The Balaban J connectivity index is 1.44. The summed E-state index contributed by atoms with van der Waals surface area (Å²) in [4.78, 5) is 14.8. The zero-order valence-corrected chi connectivity index (χ0v) is 15.8. The van der Waals surface area contributed by atoms with Gasteiger partial charge in [0.05, 0.1) is 24.2 Å². The fourth-order valence-corrected chi connectivity index (χ4v) is 4.59. The largest absolute Gasteiger partial charge is 0.378 e. The number of carbonyl (C=O) groups excluding carboxylic acids is 1. The highest BCUT2D eigenvalue weighted by molar-refractivity contribution is 5.79. The van der Waals surface area contributed by atoms with Crippen LogP contribution in [-0.4, -0.2) is 48.8 Å². The molecule has 3 aliphatic rings. The van der Waals surface area contributed by atoms with E-state index in [1.165, 1.54) is 18.9 Å². The highest BCUT2D eigenvalue weighted by Crippen LogP contribution is 2.44. The van der Waals surface area contributed by atoms with Crippen molar-refractivity contribution in [1.29, 1.82) is 0 Å². The molecule has 2 aliphatic carbocycles. The highest BCUT2D eigenvalue weighted by Gasteiger charge is 2.52. The minimum absolute atomic E-state index is 0.0155. The van der Waals surface area contributed by atoms with Crippen LogP contribution in [-0.2, 0) is 20.7 Å². The molecule has 0 radical (unpaired) electrons. The molecule has 4 rings (SSSR count). The van der Waals surface area contributed by atoms with Crippen LogP contribution in [0.15, 0.2) is 18.2 Å². The lowest BCUT2D eigenvalue weighted by molar-refractivity contribution is -0.141. The van der Waals surface area contributed by atoms with Crippen LogP contribution in [0.25, 0.3) is 0 Å². The van der Waals surface area contributed by atoms with Gasteiger partial charge in [-0.3, -0.25) is 4.79 Å². The van der Waals surface area contributed by atoms with Crippen molar-refractivity contribution < 1.29 is 23.0 Å². The third kappa shape index (κ3) is 3.87. The fourth-order valence-electron chi connectivity index (χ4n) is 4.59. The van der Waals surface area contributed by atoms with Gasteiger partial charge < -0.3 is 14.4 Å². The summed E-state index contributed by atoms with van der Waals surface area (Å²) in [7, 11) is 1.72. The van der Waals surface area contributed by atoms with E-state index in [1.807, 2.05) is 4.90 Å². The number of hydrogen-bond donors (Lipinski definition) is 0. The third-order valence-electron chi connectivity index (χ3n) is 6.47. The Morgan fingerprint density at radius 3 is 2.74 bits per heavy atom. The number of methoxy groups -OCH3 is 1. The Morgan fingerprint density at radius 1 is 1.22 bits per heavy atom. The molecule has 1 aromatic carbocycles. The summed E-state index contributed by atoms with van der Waals surface area (Å²) >= 11 is 0. The van der Waals surface area contributed by atoms with Gasteiger partial charge in [0.15, 0.2) is 11.6 Å². The molecule has 0 N–H and O–H groups in total. The molecule has 2 saturated carbocycles. The summed E-state index contributed by atoms with van der Waals surface area (Å²) in [5, 5.41) is 0. The smallest absolute Gasteiger partial charge is 0.227 e. The van der Waals surface area contributed by atoms with Crippen LogP contribution in [0.4, 0.5) is 8.78 Å². The molecule has 4 nitrogen and oxygen atoms in total. The zero-order chi connectivity index (χ0) is 19.0. The van der Waals surface area contributed by atoms with E-state index in [1.54, 1.807) is 7.11 Å². The van der Waals surface area contributed by atoms with Crippen molar-refractivity contribution in [3.8, 4) is 0 Å². The fraction of sp³-hybridized carbons (Fsp3) is 0.667. The monoisotopic (exact) mass is 379 g/mol. The second-order valence-corrected chi connectivity index (χ2v) is 8.22. The molecule has 1 heterocycles. The van der Waals surface area contributed by atoms with Gasteiger partial charge in [-0.1, -0.05) is 6.07 Å². The predicted octanol–water partition coefficient (Wildman–Crippen LogP) is 3.47. The number of nitrogens with zero attached hydrogens (tertiary/aromatic N) is 1. The lowest BCUT2D eigenvalue weighted by Gasteiger charge is -2.43. The summed E-state index contributed by atoms with van der Waals surface area (Å²) in [5.41, 5.74) is 0.189. The van der Waals surface area contributed by atoms with Crippen molar-refractivity contribution >= 4 is 5.91 Å². The molecule has 27 heavy (non-hydrogen) atoms. The molecular weight excluding hydrogens is 352 g/mol. The number of likely N-dealkylation sites (tertiary alicyclic amines) is 1. The normalized spacial score (nSPS) is 30.4. The summed E-state index contributed by atoms with van der Waals surface area (Å²) in [5.74, 6) is -1.16. The van der Waals surface area contributed by atoms with Gasteiger partial charge in [0.1, 0.15) is 0 Å². The van der Waals surface area contributed by atoms with E-state index in [0.29, 0.717) is 18.0 Å². The Morgan fingerprint density at radius 2 is 2.04 bits per heavy atom. The second-order valence-electron chi connectivity index (χ2n) is 8.22. The van der Waals surface area contributed by atoms with Gasteiger partial charge in [0.2, 0.25) is 5.91 Å². The van der Waals surface area contributed by atoms with Crippen LogP contribution < -0.4 is 0 Å². The maximum atomic E-state index is 13.5. The summed E-state index contributed by atoms with van der Waals surface area (Å²) in [6, 6.07) is 3.63. The number of hydrogen-bond acceptors (Lipinski definition) is 3. The Hall–Kier alpha value is -1.53. The summed E-state index contributed by atoms with van der Waals surface area (Å²) in [6.07, 6.45) is 6.20. The van der Waals surface area contributed by atoms with E-state index < -0.39 is 11.6 Å². The van der Waals surface area contributed by atoms with Gasteiger partial charge >= 0.3 is 0 Å². The average Bonchev–Trinajstić information content (AvgIpc) is 3.41. The van der Waals surface area contributed by atoms with Gasteiger partial charge in [0.25, 0.3) is 0 Å². The SMILES string of the molecule is CO[C@@]12CC[C@H](OCC3CC3)C[C@@H]1N(C(=O)Cc1ccc(F)c(F)c1)CC2. The molecule has 3 atom stereocenters. The molecule has 6 heteroatoms. The molecule has 1 aromatic rings. The molecule has 0 spiro atoms. The molecule has 1 aliphatic heterocycles. The van der Waals surface area contributed by atoms with E-state index in [9.17, 15) is 13.6 Å². The lowest BCUT2D eigenvalue weighted by atomic mass is 9.79. The zero-order valence-electron chi connectivity index (χ0n) is 15.8. The van der Waals surface area contributed by atoms with Gasteiger partial charge in [-0.25, -0.2) is 8.78 Å². The Labute approximate surface area is 158 Å². The first-order chi connectivity index (χ1) is 13.0. The molecule has 3 fully saturated rings. The topological polar surface area (TPSA) is 38.8 Å². The minimum Gasteiger partial charge on any atom is -0.378 e. The van der Waals surface area contributed by atoms with Crippen LogP contribution in [0, 0.1) is 17.6 Å². The number of benzene rings is 1. The Bertz CT molecular complexity index is 709. The first kappa shape index (κ1) is 18.8. The minimum atomic E-state index is -0.917. The predicted molar refractivity (Wildman–Crippen MR) is 96.2 cm³/mol. The summed E-state index contributed by atoms with van der Waals surface area (Å²) in [6.45, 7) is 1.45. The molecule has 1 saturated heterocycles. The van der Waals surface area contributed by atoms with Gasteiger partial charge in [-0.15, -0.1) is 0 Å². The van der Waals surface area contributed by atoms with E-state index in [0.717, 1.165) is 44.4 Å². The van der Waals surface area contributed by atoms with Crippen LogP contribution >= 0.6 is 0 Å². The molecule has 0 bridgehead atoms. The molecule has 148 valence electrons. The maximum absolute atomic E-state index is 13.5. The first-order valence-electron chi connectivity index (χ1n) is 9.91. The average molecular weight is 379 g/mol. The van der Waals surface area contributed by atoms with Crippen LogP contribution in [0.1, 0.15) is 44.1 Å². The molecule has 1 amide bonds. The van der Waals surface area contributed by atoms with E-state index in [2.05, 4.69) is 0 Å². The van der Waals surface area contributed by atoms with Crippen LogP contribution in [0.3, 0.4) is 0 Å². The van der Waals surface area contributed by atoms with Gasteiger partial charge in [-0.05, 0) is 62.1 Å². The maximum Gasteiger partial charge on any atom is 0.227 e. The van der Waals surface area contributed by atoms with Crippen molar-refractivity contribution in [2.75, 3.05) is 20.3 Å². The number of amides is 1.